The standard InChI is InChI=1S/C26H24N4O3/c1-2-32-22-14-10-21(11-15-22)24-16-25(29-28-24)26(31)30-27-17-19-8-12-23(13-9-19)33-18-20-6-4-3-5-7-20/h3-17H,2,18H2,1H3,(H,28,29)(H,30,31)/b27-17-. The number of rotatable bonds is 9. The van der Waals surface area contributed by atoms with Crippen LogP contribution >= 0.6 is 0 Å². The molecule has 0 saturated carbocycles. The maximum absolute atomic E-state index is 12.4. The van der Waals surface area contributed by atoms with Crippen LogP contribution in [0.3, 0.4) is 0 Å². The molecule has 0 unspecified atom stereocenters. The van der Waals surface area contributed by atoms with Gasteiger partial charge in [0.05, 0.1) is 18.5 Å². The van der Waals surface area contributed by atoms with Gasteiger partial charge in [-0.3, -0.25) is 9.89 Å². The zero-order valence-electron chi connectivity index (χ0n) is 18.2. The van der Waals surface area contributed by atoms with Crippen molar-refractivity contribution in [3.05, 3.63) is 102 Å². The van der Waals surface area contributed by atoms with Gasteiger partial charge in [-0.05, 0) is 72.6 Å². The Morgan fingerprint density at radius 3 is 2.39 bits per heavy atom. The molecule has 0 spiro atoms. The maximum atomic E-state index is 12.4. The zero-order chi connectivity index (χ0) is 22.9. The third-order valence-electron chi connectivity index (χ3n) is 4.79. The molecule has 33 heavy (non-hydrogen) atoms. The molecule has 166 valence electrons. The van der Waals surface area contributed by atoms with Crippen LogP contribution < -0.4 is 14.9 Å². The predicted molar refractivity (Wildman–Crippen MR) is 127 cm³/mol. The van der Waals surface area contributed by atoms with Crippen molar-refractivity contribution >= 4 is 12.1 Å². The molecule has 0 radical (unpaired) electrons. The van der Waals surface area contributed by atoms with Crippen molar-refractivity contribution in [2.45, 2.75) is 13.5 Å². The van der Waals surface area contributed by atoms with Gasteiger partial charge in [-0.1, -0.05) is 30.3 Å². The monoisotopic (exact) mass is 440 g/mol. The lowest BCUT2D eigenvalue weighted by Gasteiger charge is -2.06. The molecule has 0 atom stereocenters. The Morgan fingerprint density at radius 1 is 0.970 bits per heavy atom. The highest BCUT2D eigenvalue weighted by atomic mass is 16.5. The predicted octanol–water partition coefficient (Wildman–Crippen LogP) is 4.82. The highest BCUT2D eigenvalue weighted by Crippen LogP contribution is 2.21. The molecule has 0 aliphatic carbocycles. The van der Waals surface area contributed by atoms with Crippen LogP contribution in [0.15, 0.2) is 90.0 Å². The molecule has 7 heteroatoms. The van der Waals surface area contributed by atoms with E-state index >= 15 is 0 Å². The fourth-order valence-electron chi connectivity index (χ4n) is 3.09. The number of benzene rings is 3. The van der Waals surface area contributed by atoms with Gasteiger partial charge in [0.15, 0.2) is 0 Å². The number of carbonyl (C=O) groups is 1. The van der Waals surface area contributed by atoms with Crippen molar-refractivity contribution < 1.29 is 14.3 Å². The summed E-state index contributed by atoms with van der Waals surface area (Å²) in [5.41, 5.74) is 6.32. The molecule has 4 aromatic rings. The fraction of sp³-hybridized carbons (Fsp3) is 0.115. The number of H-pyrrole nitrogens is 1. The first-order chi connectivity index (χ1) is 16.2. The summed E-state index contributed by atoms with van der Waals surface area (Å²) < 4.78 is 11.2. The van der Waals surface area contributed by atoms with E-state index in [0.717, 1.165) is 28.2 Å². The topological polar surface area (TPSA) is 88.6 Å². The summed E-state index contributed by atoms with van der Waals surface area (Å²) in [7, 11) is 0. The number of hydrazone groups is 1. The van der Waals surface area contributed by atoms with Gasteiger partial charge in [0, 0.05) is 5.56 Å². The fourth-order valence-corrected chi connectivity index (χ4v) is 3.09. The minimum absolute atomic E-state index is 0.320. The van der Waals surface area contributed by atoms with Crippen LogP contribution in [-0.2, 0) is 6.61 Å². The Hall–Kier alpha value is -4.39. The Bertz CT molecular complexity index is 1200. The highest BCUT2D eigenvalue weighted by Gasteiger charge is 2.10. The van der Waals surface area contributed by atoms with Crippen LogP contribution in [0.25, 0.3) is 11.3 Å². The van der Waals surface area contributed by atoms with E-state index in [-0.39, 0.29) is 5.91 Å². The lowest BCUT2D eigenvalue weighted by atomic mass is 10.1. The Labute approximate surface area is 192 Å². The summed E-state index contributed by atoms with van der Waals surface area (Å²) in [4.78, 5) is 12.4. The van der Waals surface area contributed by atoms with Crippen molar-refractivity contribution in [2.75, 3.05) is 6.61 Å². The number of nitrogens with zero attached hydrogens (tertiary/aromatic N) is 2. The lowest BCUT2D eigenvalue weighted by Crippen LogP contribution is -2.17. The first-order valence-electron chi connectivity index (χ1n) is 10.6. The van der Waals surface area contributed by atoms with Crippen molar-refractivity contribution in [1.29, 1.82) is 0 Å². The highest BCUT2D eigenvalue weighted by molar-refractivity contribution is 5.94. The number of hydrogen-bond donors (Lipinski definition) is 2. The molecule has 0 fully saturated rings. The van der Waals surface area contributed by atoms with Gasteiger partial charge in [-0.25, -0.2) is 5.43 Å². The van der Waals surface area contributed by atoms with Crippen LogP contribution in [-0.4, -0.2) is 28.9 Å². The van der Waals surface area contributed by atoms with E-state index in [0.29, 0.717) is 24.6 Å². The van der Waals surface area contributed by atoms with Crippen molar-refractivity contribution in [1.82, 2.24) is 15.6 Å². The number of hydrogen-bond acceptors (Lipinski definition) is 5. The van der Waals surface area contributed by atoms with Crippen molar-refractivity contribution in [3.8, 4) is 22.8 Å². The van der Waals surface area contributed by atoms with Gasteiger partial charge in [0.2, 0.25) is 0 Å². The minimum atomic E-state index is -0.376. The van der Waals surface area contributed by atoms with Gasteiger partial charge >= 0.3 is 0 Å². The molecule has 0 aliphatic heterocycles. The summed E-state index contributed by atoms with van der Waals surface area (Å²) >= 11 is 0. The summed E-state index contributed by atoms with van der Waals surface area (Å²) in [6.45, 7) is 3.05. The first-order valence-corrected chi connectivity index (χ1v) is 10.6. The smallest absolute Gasteiger partial charge is 0.289 e. The quantitative estimate of drug-likeness (QED) is 0.289. The number of ether oxygens (including phenoxy) is 2. The number of aromatic nitrogens is 2. The summed E-state index contributed by atoms with van der Waals surface area (Å²) in [6, 6.07) is 26.7. The third-order valence-corrected chi connectivity index (χ3v) is 4.79. The minimum Gasteiger partial charge on any atom is -0.494 e. The van der Waals surface area contributed by atoms with E-state index < -0.39 is 0 Å². The van der Waals surface area contributed by atoms with Crippen molar-refractivity contribution in [2.24, 2.45) is 5.10 Å². The average molecular weight is 441 g/mol. The molecule has 0 bridgehead atoms. The van der Waals surface area contributed by atoms with Crippen LogP contribution in [0.4, 0.5) is 0 Å². The Kier molecular flexibility index (Phi) is 7.12. The molecule has 7 nitrogen and oxygen atoms in total. The van der Waals surface area contributed by atoms with Crippen LogP contribution in [0.1, 0.15) is 28.5 Å². The molecule has 1 aromatic heterocycles. The molecule has 1 heterocycles. The average Bonchev–Trinajstić information content (AvgIpc) is 3.35. The van der Waals surface area contributed by atoms with E-state index in [1.165, 1.54) is 0 Å². The molecule has 0 saturated heterocycles. The first kappa shape index (κ1) is 21.8. The molecule has 3 aromatic carbocycles. The van der Waals surface area contributed by atoms with Gasteiger partial charge in [-0.15, -0.1) is 0 Å². The van der Waals surface area contributed by atoms with E-state index in [4.69, 9.17) is 9.47 Å². The molecular formula is C26H24N4O3. The second kappa shape index (κ2) is 10.8. The van der Waals surface area contributed by atoms with Crippen LogP contribution in [0.5, 0.6) is 11.5 Å². The van der Waals surface area contributed by atoms with E-state index in [1.54, 1.807) is 12.3 Å². The molecular weight excluding hydrogens is 416 g/mol. The zero-order valence-corrected chi connectivity index (χ0v) is 18.2. The van der Waals surface area contributed by atoms with Crippen LogP contribution in [0, 0.1) is 0 Å². The normalized spacial score (nSPS) is 10.8. The number of nitrogens with one attached hydrogen (secondary N) is 2. The lowest BCUT2D eigenvalue weighted by molar-refractivity contribution is 0.0950. The van der Waals surface area contributed by atoms with Crippen LogP contribution in [0.2, 0.25) is 0 Å². The van der Waals surface area contributed by atoms with Gasteiger partial charge < -0.3 is 9.47 Å². The molecule has 1 amide bonds. The van der Waals surface area contributed by atoms with Gasteiger partial charge in [0.1, 0.15) is 23.8 Å². The SMILES string of the molecule is CCOc1ccc(-c2cc(C(=O)N/N=C\c3ccc(OCc4ccccc4)cc3)[nH]n2)cc1. The molecule has 2 N–H and O–H groups in total. The number of amides is 1. The van der Waals surface area contributed by atoms with Gasteiger partial charge in [0.25, 0.3) is 5.91 Å². The molecule has 0 aliphatic rings. The summed E-state index contributed by atoms with van der Waals surface area (Å²) in [6.07, 6.45) is 1.57. The third kappa shape index (κ3) is 6.07. The Balaban J connectivity index is 1.29. The summed E-state index contributed by atoms with van der Waals surface area (Å²) in [5, 5.41) is 11.0. The van der Waals surface area contributed by atoms with Gasteiger partial charge in [-0.2, -0.15) is 10.2 Å². The van der Waals surface area contributed by atoms with E-state index in [2.05, 4.69) is 20.7 Å². The maximum Gasteiger partial charge on any atom is 0.289 e. The van der Waals surface area contributed by atoms with E-state index in [9.17, 15) is 4.79 Å². The Morgan fingerprint density at radius 2 is 1.67 bits per heavy atom. The number of carbonyl (C=O) groups excluding carboxylic acids is 1. The number of aromatic amines is 1. The summed E-state index contributed by atoms with van der Waals surface area (Å²) in [5.74, 6) is 1.18. The molecule has 4 rings (SSSR count). The van der Waals surface area contributed by atoms with Crippen molar-refractivity contribution in [3.63, 3.8) is 0 Å². The largest absolute Gasteiger partial charge is 0.494 e. The van der Waals surface area contributed by atoms with E-state index in [1.807, 2.05) is 85.8 Å². The second-order valence-corrected chi connectivity index (χ2v) is 7.17. The second-order valence-electron chi connectivity index (χ2n) is 7.17.